The van der Waals surface area contributed by atoms with E-state index < -0.39 is 51.6 Å². The molecule has 4 rings (SSSR count). The second-order valence-corrected chi connectivity index (χ2v) is 9.55. The summed E-state index contributed by atoms with van der Waals surface area (Å²) in [4.78, 5) is 24.3. The Kier molecular flexibility index (Phi) is 6.79. The number of hydrogen-bond donors (Lipinski definition) is 1. The lowest BCUT2D eigenvalue weighted by atomic mass is 10.0. The minimum atomic E-state index is -3.98. The van der Waals surface area contributed by atoms with Gasteiger partial charge in [0.1, 0.15) is 0 Å². The first kappa shape index (κ1) is 24.3. The van der Waals surface area contributed by atoms with Crippen LogP contribution in [0.25, 0.3) is 0 Å². The number of anilines is 2. The molecule has 0 unspecified atom stereocenters. The van der Waals surface area contributed by atoms with Gasteiger partial charge in [-0.3, -0.25) is 9.10 Å². The van der Waals surface area contributed by atoms with Crippen molar-refractivity contribution in [1.82, 2.24) is 0 Å². The topological polar surface area (TPSA) is 92.8 Å². The predicted octanol–water partition coefficient (Wildman–Crippen LogP) is 4.04. The van der Waals surface area contributed by atoms with E-state index in [0.29, 0.717) is 18.2 Å². The molecule has 0 spiro atoms. The number of nitrogens with one attached hydrogen (secondary N) is 1. The Labute approximate surface area is 199 Å². The largest absolute Gasteiger partial charge is 0.452 e. The van der Waals surface area contributed by atoms with Gasteiger partial charge in [0.2, 0.25) is 0 Å². The van der Waals surface area contributed by atoms with Gasteiger partial charge in [-0.15, -0.1) is 0 Å². The molecule has 1 amide bonds. The van der Waals surface area contributed by atoms with E-state index in [2.05, 4.69) is 0 Å². The molecule has 0 aliphatic carbocycles. The molecule has 1 N–H and O–H groups in total. The molecule has 35 heavy (non-hydrogen) atoms. The number of hydrogen-bond acceptors (Lipinski definition) is 5. The summed E-state index contributed by atoms with van der Waals surface area (Å²) in [6, 6.07) is 13.8. The number of halogens is 3. The van der Waals surface area contributed by atoms with Crippen LogP contribution in [0.1, 0.15) is 22.3 Å². The van der Waals surface area contributed by atoms with Crippen molar-refractivity contribution in [3.63, 3.8) is 0 Å². The van der Waals surface area contributed by atoms with E-state index in [1.807, 2.05) is 17.4 Å². The van der Waals surface area contributed by atoms with Crippen molar-refractivity contribution in [3.8, 4) is 0 Å². The molecule has 1 heterocycles. The summed E-state index contributed by atoms with van der Waals surface area (Å²) >= 11 is 0. The van der Waals surface area contributed by atoms with Gasteiger partial charge < -0.3 is 10.1 Å². The Morgan fingerprint density at radius 1 is 0.971 bits per heavy atom. The summed E-state index contributed by atoms with van der Waals surface area (Å²) in [5.74, 6) is -6.77. The summed E-state index contributed by atoms with van der Waals surface area (Å²) in [6.45, 7) is -0.581. The normalized spacial score (nSPS) is 13.2. The Hall–Kier alpha value is -3.86. The van der Waals surface area contributed by atoms with Crippen molar-refractivity contribution in [1.29, 1.82) is 0 Å². The van der Waals surface area contributed by atoms with Crippen LogP contribution in [-0.4, -0.2) is 33.4 Å². The smallest absolute Gasteiger partial charge is 0.338 e. The molecule has 0 atom stereocenters. The highest BCUT2D eigenvalue weighted by Gasteiger charge is 2.29. The van der Waals surface area contributed by atoms with E-state index in [1.54, 1.807) is 12.1 Å². The Bertz CT molecular complexity index is 1410. The molecular formula is C24H19F3N2O5S. The maximum atomic E-state index is 13.7. The minimum Gasteiger partial charge on any atom is -0.452 e. The van der Waals surface area contributed by atoms with Crippen molar-refractivity contribution in [2.24, 2.45) is 0 Å². The highest BCUT2D eigenvalue weighted by molar-refractivity contribution is 7.92. The SMILES string of the molecule is O=C(COC(=O)c1cccc(S(=O)(=O)N2CCCc3ccccc32)c1)Nc1ccc(F)c(F)c1F. The van der Waals surface area contributed by atoms with Crippen LogP contribution < -0.4 is 9.62 Å². The van der Waals surface area contributed by atoms with Crippen LogP contribution in [0, 0.1) is 17.5 Å². The molecular weight excluding hydrogens is 485 g/mol. The van der Waals surface area contributed by atoms with Crippen LogP contribution in [0.5, 0.6) is 0 Å². The van der Waals surface area contributed by atoms with Crippen LogP contribution >= 0.6 is 0 Å². The number of carbonyl (C=O) groups is 2. The highest BCUT2D eigenvalue weighted by atomic mass is 32.2. The number of amides is 1. The zero-order valence-electron chi connectivity index (χ0n) is 18.1. The van der Waals surface area contributed by atoms with Crippen molar-refractivity contribution in [3.05, 3.63) is 89.2 Å². The molecule has 3 aromatic carbocycles. The van der Waals surface area contributed by atoms with Gasteiger partial charge in [0.15, 0.2) is 24.1 Å². The molecule has 3 aromatic rings. The molecule has 0 saturated heterocycles. The van der Waals surface area contributed by atoms with E-state index in [9.17, 15) is 31.2 Å². The number of para-hydroxylation sites is 1. The molecule has 0 fully saturated rings. The number of sulfonamides is 1. The first-order valence-corrected chi connectivity index (χ1v) is 11.9. The third-order valence-corrected chi connectivity index (χ3v) is 7.18. The first-order valence-electron chi connectivity index (χ1n) is 10.5. The number of ether oxygens (including phenoxy) is 1. The fourth-order valence-electron chi connectivity index (χ4n) is 3.68. The van der Waals surface area contributed by atoms with Crippen LogP contribution in [0.3, 0.4) is 0 Å². The second kappa shape index (κ2) is 9.79. The predicted molar refractivity (Wildman–Crippen MR) is 121 cm³/mol. The maximum absolute atomic E-state index is 13.7. The molecule has 0 radical (unpaired) electrons. The number of nitrogens with zero attached hydrogens (tertiary/aromatic N) is 1. The summed E-state index contributed by atoms with van der Waals surface area (Å²) < 4.78 is 72.7. The summed E-state index contributed by atoms with van der Waals surface area (Å²) in [7, 11) is -3.98. The zero-order chi connectivity index (χ0) is 25.2. The highest BCUT2D eigenvalue weighted by Crippen LogP contribution is 2.32. The van der Waals surface area contributed by atoms with Crippen molar-refractivity contribution in [2.75, 3.05) is 22.8 Å². The van der Waals surface area contributed by atoms with Crippen molar-refractivity contribution < 1.29 is 35.9 Å². The van der Waals surface area contributed by atoms with Gasteiger partial charge in [0.05, 0.1) is 21.8 Å². The lowest BCUT2D eigenvalue weighted by molar-refractivity contribution is -0.119. The van der Waals surface area contributed by atoms with Crippen LogP contribution in [-0.2, 0) is 26.0 Å². The standard InChI is InChI=1S/C24H19F3N2O5S/c25-18-10-11-19(23(27)22(18)26)28-21(30)14-34-24(31)16-6-3-8-17(13-16)35(32,33)29-12-4-7-15-5-1-2-9-20(15)29/h1-3,5-6,8-11,13H,4,7,12,14H2,(H,28,30). The van der Waals surface area contributed by atoms with Gasteiger partial charge in [-0.2, -0.15) is 0 Å². The second-order valence-electron chi connectivity index (χ2n) is 7.68. The van der Waals surface area contributed by atoms with E-state index in [0.717, 1.165) is 24.1 Å². The summed E-state index contributed by atoms with van der Waals surface area (Å²) in [6.07, 6.45) is 1.40. The van der Waals surface area contributed by atoms with Crippen molar-refractivity contribution >= 4 is 33.3 Å². The Morgan fingerprint density at radius 2 is 1.74 bits per heavy atom. The minimum absolute atomic E-state index is 0.122. The van der Waals surface area contributed by atoms with Crippen molar-refractivity contribution in [2.45, 2.75) is 17.7 Å². The van der Waals surface area contributed by atoms with Gasteiger partial charge in [0.25, 0.3) is 15.9 Å². The maximum Gasteiger partial charge on any atom is 0.338 e. The summed E-state index contributed by atoms with van der Waals surface area (Å²) in [5, 5.41) is 1.97. The molecule has 0 bridgehead atoms. The first-order chi connectivity index (χ1) is 16.7. The van der Waals surface area contributed by atoms with Gasteiger partial charge in [0, 0.05) is 6.54 Å². The van der Waals surface area contributed by atoms with Crippen LogP contribution in [0.2, 0.25) is 0 Å². The van der Waals surface area contributed by atoms with E-state index >= 15 is 0 Å². The molecule has 1 aliphatic heterocycles. The van der Waals surface area contributed by atoms with E-state index in [-0.39, 0.29) is 17.0 Å². The zero-order valence-corrected chi connectivity index (χ0v) is 18.9. The molecule has 1 aliphatic rings. The summed E-state index contributed by atoms with van der Waals surface area (Å²) in [5.41, 5.74) is 0.734. The molecule has 182 valence electrons. The lowest BCUT2D eigenvalue weighted by Crippen LogP contribution is -2.35. The number of esters is 1. The number of carbonyl (C=O) groups excluding carboxylic acids is 2. The van der Waals surface area contributed by atoms with E-state index in [4.69, 9.17) is 4.74 Å². The monoisotopic (exact) mass is 504 g/mol. The fraction of sp³-hybridized carbons (Fsp3) is 0.167. The molecule has 0 aromatic heterocycles. The third-order valence-electron chi connectivity index (χ3n) is 5.37. The average Bonchev–Trinajstić information content (AvgIpc) is 2.87. The molecule has 7 nitrogen and oxygen atoms in total. The molecule has 11 heteroatoms. The number of aryl methyl sites for hydroxylation is 1. The van der Waals surface area contributed by atoms with Gasteiger partial charge in [-0.25, -0.2) is 26.4 Å². The Balaban J connectivity index is 1.46. The number of rotatable bonds is 6. The number of benzene rings is 3. The fourth-order valence-corrected chi connectivity index (χ4v) is 5.27. The third kappa shape index (κ3) is 4.99. The van der Waals surface area contributed by atoms with Crippen LogP contribution in [0.4, 0.5) is 24.5 Å². The Morgan fingerprint density at radius 3 is 2.54 bits per heavy atom. The van der Waals surface area contributed by atoms with Gasteiger partial charge in [-0.1, -0.05) is 24.3 Å². The van der Waals surface area contributed by atoms with Gasteiger partial charge in [-0.05, 0) is 54.8 Å². The average molecular weight is 504 g/mol. The van der Waals surface area contributed by atoms with Crippen LogP contribution in [0.15, 0.2) is 65.6 Å². The number of fused-ring (bicyclic) bond motifs is 1. The van der Waals surface area contributed by atoms with Gasteiger partial charge >= 0.3 is 5.97 Å². The van der Waals surface area contributed by atoms with E-state index in [1.165, 1.54) is 22.5 Å². The lowest BCUT2D eigenvalue weighted by Gasteiger charge is -2.30. The molecule has 0 saturated carbocycles. The quantitative estimate of drug-likeness (QED) is 0.404.